The maximum Gasteiger partial charge on any atom is 0.124 e. The van der Waals surface area contributed by atoms with Crippen LogP contribution in [0.5, 0.6) is 0 Å². The number of hydrogen-bond donors (Lipinski definition) is 1. The van der Waals surface area contributed by atoms with Crippen molar-refractivity contribution in [3.05, 3.63) is 45.1 Å². The molecule has 2 aromatic heterocycles. The van der Waals surface area contributed by atoms with Gasteiger partial charge in [-0.05, 0) is 19.4 Å². The molecule has 0 spiro atoms. The summed E-state index contributed by atoms with van der Waals surface area (Å²) in [6.45, 7) is 4.69. The minimum atomic E-state index is 0.570. The molecular weight excluding hydrogens is 286 g/mol. The second-order valence-corrected chi connectivity index (χ2v) is 6.84. The maximum absolute atomic E-state index is 5.62. The average Bonchev–Trinajstić information content (AvgIpc) is 3.05. The van der Waals surface area contributed by atoms with Gasteiger partial charge in [-0.25, -0.2) is 9.97 Å². The van der Waals surface area contributed by atoms with Gasteiger partial charge in [-0.15, -0.1) is 22.7 Å². The van der Waals surface area contributed by atoms with Crippen molar-refractivity contribution < 1.29 is 0 Å². The van der Waals surface area contributed by atoms with E-state index in [0.29, 0.717) is 6.54 Å². The second kappa shape index (κ2) is 5.44. The summed E-state index contributed by atoms with van der Waals surface area (Å²) in [5.74, 6) is 0. The Bertz CT molecular complexity index is 726. The number of nitrogens with two attached hydrogens (primary N) is 1. The molecule has 2 heterocycles. The number of aryl methyl sites for hydroxylation is 2. The summed E-state index contributed by atoms with van der Waals surface area (Å²) >= 11 is 3.36. The average molecular weight is 301 g/mol. The molecule has 0 aliphatic heterocycles. The first kappa shape index (κ1) is 13.4. The van der Waals surface area contributed by atoms with Crippen LogP contribution >= 0.6 is 22.7 Å². The molecule has 0 atom stereocenters. The van der Waals surface area contributed by atoms with Crippen LogP contribution in [0.3, 0.4) is 0 Å². The Labute approximate surface area is 126 Å². The first-order valence-electron chi connectivity index (χ1n) is 6.36. The van der Waals surface area contributed by atoms with Crippen LogP contribution < -0.4 is 5.73 Å². The largest absolute Gasteiger partial charge is 0.326 e. The molecule has 3 rings (SSSR count). The highest BCUT2D eigenvalue weighted by Gasteiger charge is 2.12. The van der Waals surface area contributed by atoms with Crippen LogP contribution in [-0.2, 0) is 6.54 Å². The van der Waals surface area contributed by atoms with E-state index in [4.69, 9.17) is 10.7 Å². The van der Waals surface area contributed by atoms with E-state index in [1.807, 2.05) is 6.92 Å². The molecule has 0 bridgehead atoms. The zero-order valence-electron chi connectivity index (χ0n) is 11.4. The van der Waals surface area contributed by atoms with Crippen molar-refractivity contribution in [3.63, 3.8) is 0 Å². The molecule has 2 N–H and O–H groups in total. The SMILES string of the molecule is Cc1nc(-c2csc(-c3ccc(CN)cc3)n2)c(C)s1. The van der Waals surface area contributed by atoms with Crippen LogP contribution in [0, 0.1) is 13.8 Å². The first-order valence-corrected chi connectivity index (χ1v) is 8.06. The van der Waals surface area contributed by atoms with Crippen molar-refractivity contribution in [2.75, 3.05) is 0 Å². The summed E-state index contributed by atoms with van der Waals surface area (Å²) in [5, 5.41) is 4.18. The van der Waals surface area contributed by atoms with Crippen LogP contribution in [0.15, 0.2) is 29.6 Å². The van der Waals surface area contributed by atoms with E-state index in [1.165, 1.54) is 4.88 Å². The van der Waals surface area contributed by atoms with Crippen LogP contribution in [0.1, 0.15) is 15.4 Å². The van der Waals surface area contributed by atoms with E-state index in [1.54, 1.807) is 22.7 Å². The first-order chi connectivity index (χ1) is 9.67. The van der Waals surface area contributed by atoms with Crippen molar-refractivity contribution in [2.45, 2.75) is 20.4 Å². The van der Waals surface area contributed by atoms with Gasteiger partial charge in [0.15, 0.2) is 0 Å². The van der Waals surface area contributed by atoms with E-state index in [0.717, 1.165) is 32.5 Å². The zero-order chi connectivity index (χ0) is 14.1. The lowest BCUT2D eigenvalue weighted by molar-refractivity contribution is 1.07. The molecule has 102 valence electrons. The van der Waals surface area contributed by atoms with Gasteiger partial charge in [0.25, 0.3) is 0 Å². The predicted octanol–water partition coefficient (Wildman–Crippen LogP) is 4.01. The normalized spacial score (nSPS) is 10.9. The van der Waals surface area contributed by atoms with Gasteiger partial charge in [-0.3, -0.25) is 0 Å². The van der Waals surface area contributed by atoms with Crippen LogP contribution in [0.2, 0.25) is 0 Å². The monoisotopic (exact) mass is 301 g/mol. The highest BCUT2D eigenvalue weighted by Crippen LogP contribution is 2.32. The molecule has 5 heteroatoms. The van der Waals surface area contributed by atoms with Gasteiger partial charge in [0.2, 0.25) is 0 Å². The number of nitrogens with zero attached hydrogens (tertiary/aromatic N) is 2. The fourth-order valence-corrected chi connectivity index (χ4v) is 3.70. The molecule has 0 aliphatic carbocycles. The molecule has 0 aliphatic rings. The summed E-state index contributed by atoms with van der Waals surface area (Å²) in [6, 6.07) is 8.25. The van der Waals surface area contributed by atoms with E-state index in [-0.39, 0.29) is 0 Å². The molecule has 20 heavy (non-hydrogen) atoms. The van der Waals surface area contributed by atoms with E-state index in [2.05, 4.69) is 41.6 Å². The number of thiazole rings is 2. The van der Waals surface area contributed by atoms with E-state index in [9.17, 15) is 0 Å². The van der Waals surface area contributed by atoms with Crippen LogP contribution in [0.25, 0.3) is 22.0 Å². The van der Waals surface area contributed by atoms with Crippen molar-refractivity contribution in [1.29, 1.82) is 0 Å². The van der Waals surface area contributed by atoms with Crippen molar-refractivity contribution in [3.8, 4) is 22.0 Å². The molecule has 1 aromatic carbocycles. The highest BCUT2D eigenvalue weighted by atomic mass is 32.1. The molecule has 0 saturated heterocycles. The van der Waals surface area contributed by atoms with Crippen molar-refractivity contribution >= 4 is 22.7 Å². The smallest absolute Gasteiger partial charge is 0.124 e. The summed E-state index contributed by atoms with van der Waals surface area (Å²) in [5.41, 5.74) is 9.86. The van der Waals surface area contributed by atoms with E-state index < -0.39 is 0 Å². The molecule has 3 nitrogen and oxygen atoms in total. The van der Waals surface area contributed by atoms with Crippen molar-refractivity contribution in [1.82, 2.24) is 9.97 Å². The number of aromatic nitrogens is 2. The minimum absolute atomic E-state index is 0.570. The Kier molecular flexibility index (Phi) is 3.65. The maximum atomic E-state index is 5.62. The number of rotatable bonds is 3. The lowest BCUT2D eigenvalue weighted by atomic mass is 10.1. The summed E-state index contributed by atoms with van der Waals surface area (Å²) < 4.78 is 0. The Morgan fingerprint density at radius 1 is 1.10 bits per heavy atom. The van der Waals surface area contributed by atoms with Gasteiger partial charge in [0.1, 0.15) is 16.4 Å². The summed E-state index contributed by atoms with van der Waals surface area (Å²) in [4.78, 5) is 10.5. The third kappa shape index (κ3) is 2.52. The lowest BCUT2D eigenvalue weighted by Gasteiger charge is -1.99. The Balaban J connectivity index is 1.95. The van der Waals surface area contributed by atoms with Gasteiger partial charge >= 0.3 is 0 Å². The molecule has 3 aromatic rings. The zero-order valence-corrected chi connectivity index (χ0v) is 13.0. The van der Waals surface area contributed by atoms with Crippen molar-refractivity contribution in [2.24, 2.45) is 5.73 Å². The lowest BCUT2D eigenvalue weighted by Crippen LogP contribution is -1.95. The van der Waals surface area contributed by atoms with Crippen LogP contribution in [0.4, 0.5) is 0 Å². The fraction of sp³-hybridized carbons (Fsp3) is 0.200. The quantitative estimate of drug-likeness (QED) is 0.795. The molecule has 0 saturated carbocycles. The second-order valence-electron chi connectivity index (χ2n) is 4.58. The molecule has 0 unspecified atom stereocenters. The van der Waals surface area contributed by atoms with Gasteiger partial charge in [0.05, 0.1) is 5.01 Å². The molecule has 0 radical (unpaired) electrons. The third-order valence-electron chi connectivity index (χ3n) is 3.09. The molecule has 0 amide bonds. The molecular formula is C15H15N3S2. The Morgan fingerprint density at radius 2 is 1.85 bits per heavy atom. The third-order valence-corrected chi connectivity index (χ3v) is 4.86. The van der Waals surface area contributed by atoms with Gasteiger partial charge < -0.3 is 5.73 Å². The Morgan fingerprint density at radius 3 is 2.45 bits per heavy atom. The van der Waals surface area contributed by atoms with Gasteiger partial charge in [0, 0.05) is 22.4 Å². The predicted molar refractivity (Wildman–Crippen MR) is 86.0 cm³/mol. The minimum Gasteiger partial charge on any atom is -0.326 e. The summed E-state index contributed by atoms with van der Waals surface area (Å²) in [6.07, 6.45) is 0. The van der Waals surface area contributed by atoms with Gasteiger partial charge in [-0.1, -0.05) is 24.3 Å². The van der Waals surface area contributed by atoms with E-state index >= 15 is 0 Å². The van der Waals surface area contributed by atoms with Gasteiger partial charge in [-0.2, -0.15) is 0 Å². The fourth-order valence-electron chi connectivity index (χ4n) is 2.07. The summed E-state index contributed by atoms with van der Waals surface area (Å²) in [7, 11) is 0. The Hall–Kier alpha value is -1.56. The topological polar surface area (TPSA) is 51.8 Å². The number of hydrogen-bond acceptors (Lipinski definition) is 5. The highest BCUT2D eigenvalue weighted by molar-refractivity contribution is 7.13. The molecule has 0 fully saturated rings. The standard InChI is InChI=1S/C15H15N3S2/c1-9-14(17-10(2)20-9)13-8-19-15(18-13)12-5-3-11(7-16)4-6-12/h3-6,8H,7,16H2,1-2H3. The number of benzene rings is 1. The van der Waals surface area contributed by atoms with Crippen LogP contribution in [-0.4, -0.2) is 9.97 Å².